The third-order valence-corrected chi connectivity index (χ3v) is 3.70. The Morgan fingerprint density at radius 1 is 1.00 bits per heavy atom. The Labute approximate surface area is 127 Å². The molecule has 22 heavy (non-hydrogen) atoms. The average Bonchev–Trinajstić information content (AvgIpc) is 2.48. The van der Waals surface area contributed by atoms with Gasteiger partial charge >= 0.3 is 0 Å². The van der Waals surface area contributed by atoms with Crippen molar-refractivity contribution in [3.8, 4) is 0 Å². The zero-order valence-corrected chi connectivity index (χ0v) is 12.4. The van der Waals surface area contributed by atoms with Crippen LogP contribution in [-0.2, 0) is 0 Å². The molecule has 0 saturated heterocycles. The molecule has 3 aromatic rings. The number of anilines is 1. The number of hydrogen-bond acceptors (Lipinski definition) is 2. The van der Waals surface area contributed by atoms with Crippen LogP contribution in [0.1, 0.15) is 21.5 Å². The standard InChI is InChI=1S/C18H16N2O2/c1-11-5-3-4-6-14(11)18(22)19-13-7-8-16-15(10-13)12(2)9-17(21)20-16/h3-10H,1-2H3,(H,19,22)(H,20,21). The summed E-state index contributed by atoms with van der Waals surface area (Å²) in [5, 5.41) is 3.82. The van der Waals surface area contributed by atoms with Crippen molar-refractivity contribution in [3.05, 3.63) is 75.6 Å². The number of rotatable bonds is 2. The second-order valence-corrected chi connectivity index (χ2v) is 5.35. The van der Waals surface area contributed by atoms with Crippen LogP contribution in [0, 0.1) is 13.8 Å². The van der Waals surface area contributed by atoms with Crippen LogP contribution in [0.4, 0.5) is 5.69 Å². The quantitative estimate of drug-likeness (QED) is 0.760. The fourth-order valence-electron chi connectivity index (χ4n) is 2.53. The molecular formula is C18H16N2O2. The van der Waals surface area contributed by atoms with Crippen LogP contribution < -0.4 is 10.9 Å². The predicted octanol–water partition coefficient (Wildman–Crippen LogP) is 3.40. The summed E-state index contributed by atoms with van der Waals surface area (Å²) in [7, 11) is 0. The van der Waals surface area contributed by atoms with Gasteiger partial charge in [-0.1, -0.05) is 18.2 Å². The Morgan fingerprint density at radius 3 is 2.55 bits per heavy atom. The largest absolute Gasteiger partial charge is 0.322 e. The highest BCUT2D eigenvalue weighted by molar-refractivity contribution is 6.06. The molecule has 0 spiro atoms. The molecular weight excluding hydrogens is 276 g/mol. The zero-order chi connectivity index (χ0) is 15.7. The van der Waals surface area contributed by atoms with Gasteiger partial charge in [0.15, 0.2) is 0 Å². The predicted molar refractivity (Wildman–Crippen MR) is 88.4 cm³/mol. The van der Waals surface area contributed by atoms with Crippen molar-refractivity contribution in [2.24, 2.45) is 0 Å². The zero-order valence-electron chi connectivity index (χ0n) is 12.4. The highest BCUT2D eigenvalue weighted by Gasteiger charge is 2.09. The number of H-pyrrole nitrogens is 1. The van der Waals surface area contributed by atoms with E-state index in [0.717, 1.165) is 22.0 Å². The van der Waals surface area contributed by atoms with E-state index in [0.29, 0.717) is 11.3 Å². The van der Waals surface area contributed by atoms with Gasteiger partial charge in [0.1, 0.15) is 0 Å². The fraction of sp³-hybridized carbons (Fsp3) is 0.111. The number of benzene rings is 2. The van der Waals surface area contributed by atoms with E-state index < -0.39 is 0 Å². The molecule has 4 heteroatoms. The minimum absolute atomic E-state index is 0.123. The van der Waals surface area contributed by atoms with E-state index in [2.05, 4.69) is 10.3 Å². The van der Waals surface area contributed by atoms with Crippen LogP contribution in [0.3, 0.4) is 0 Å². The van der Waals surface area contributed by atoms with E-state index in [4.69, 9.17) is 0 Å². The fourth-order valence-corrected chi connectivity index (χ4v) is 2.53. The number of aryl methyl sites for hydroxylation is 2. The van der Waals surface area contributed by atoms with E-state index in [1.165, 1.54) is 0 Å². The van der Waals surface area contributed by atoms with Crippen molar-refractivity contribution < 1.29 is 4.79 Å². The van der Waals surface area contributed by atoms with Gasteiger partial charge in [-0.2, -0.15) is 0 Å². The van der Waals surface area contributed by atoms with Crippen LogP contribution in [0.2, 0.25) is 0 Å². The Hall–Kier alpha value is -2.88. The average molecular weight is 292 g/mol. The first kappa shape index (κ1) is 14.1. The van der Waals surface area contributed by atoms with Crippen molar-refractivity contribution in [1.82, 2.24) is 4.98 Å². The summed E-state index contributed by atoms with van der Waals surface area (Å²) in [6, 6.07) is 14.5. The van der Waals surface area contributed by atoms with Gasteiger partial charge in [0, 0.05) is 28.2 Å². The first-order chi connectivity index (χ1) is 10.5. The van der Waals surface area contributed by atoms with Crippen molar-refractivity contribution in [1.29, 1.82) is 0 Å². The molecule has 0 fully saturated rings. The van der Waals surface area contributed by atoms with Crippen LogP contribution >= 0.6 is 0 Å². The summed E-state index contributed by atoms with van der Waals surface area (Å²) in [5.74, 6) is -0.139. The van der Waals surface area contributed by atoms with Gasteiger partial charge in [-0.3, -0.25) is 9.59 Å². The smallest absolute Gasteiger partial charge is 0.255 e. The Morgan fingerprint density at radius 2 is 1.77 bits per heavy atom. The van der Waals surface area contributed by atoms with Crippen molar-refractivity contribution in [3.63, 3.8) is 0 Å². The molecule has 1 amide bonds. The molecule has 0 aliphatic heterocycles. The molecule has 3 rings (SSSR count). The van der Waals surface area contributed by atoms with Gasteiger partial charge in [0.2, 0.25) is 5.56 Å². The molecule has 2 aromatic carbocycles. The number of aromatic nitrogens is 1. The Kier molecular flexibility index (Phi) is 3.51. The van der Waals surface area contributed by atoms with Crippen LogP contribution in [0.25, 0.3) is 10.9 Å². The Bertz CT molecular complexity index is 926. The molecule has 0 bridgehead atoms. The third kappa shape index (κ3) is 2.63. The van der Waals surface area contributed by atoms with Gasteiger partial charge in [0.25, 0.3) is 5.91 Å². The summed E-state index contributed by atoms with van der Waals surface area (Å²) < 4.78 is 0. The molecule has 0 saturated carbocycles. The number of carbonyl (C=O) groups is 1. The molecule has 2 N–H and O–H groups in total. The SMILES string of the molecule is Cc1ccccc1C(=O)Nc1ccc2[nH]c(=O)cc(C)c2c1. The first-order valence-corrected chi connectivity index (χ1v) is 7.05. The highest BCUT2D eigenvalue weighted by atomic mass is 16.1. The highest BCUT2D eigenvalue weighted by Crippen LogP contribution is 2.20. The number of fused-ring (bicyclic) bond motifs is 1. The number of pyridine rings is 1. The minimum atomic E-state index is -0.139. The molecule has 1 heterocycles. The molecule has 0 radical (unpaired) electrons. The second-order valence-electron chi connectivity index (χ2n) is 5.35. The number of nitrogens with one attached hydrogen (secondary N) is 2. The third-order valence-electron chi connectivity index (χ3n) is 3.70. The summed E-state index contributed by atoms with van der Waals surface area (Å²) in [4.78, 5) is 26.6. The molecule has 0 unspecified atom stereocenters. The summed E-state index contributed by atoms with van der Waals surface area (Å²) in [6.07, 6.45) is 0. The summed E-state index contributed by atoms with van der Waals surface area (Å²) in [6.45, 7) is 3.79. The van der Waals surface area contributed by atoms with Crippen molar-refractivity contribution in [2.45, 2.75) is 13.8 Å². The molecule has 110 valence electrons. The van der Waals surface area contributed by atoms with E-state index >= 15 is 0 Å². The van der Waals surface area contributed by atoms with Crippen LogP contribution in [0.5, 0.6) is 0 Å². The van der Waals surface area contributed by atoms with E-state index in [-0.39, 0.29) is 11.5 Å². The van der Waals surface area contributed by atoms with Gasteiger partial charge in [-0.25, -0.2) is 0 Å². The van der Waals surface area contributed by atoms with Crippen molar-refractivity contribution >= 4 is 22.5 Å². The maximum absolute atomic E-state index is 12.3. The summed E-state index contributed by atoms with van der Waals surface area (Å²) in [5.41, 5.74) is 3.81. The van der Waals surface area contributed by atoms with Gasteiger partial charge in [-0.05, 0) is 49.2 Å². The number of amides is 1. The van der Waals surface area contributed by atoms with Crippen LogP contribution in [0.15, 0.2) is 53.3 Å². The normalized spacial score (nSPS) is 10.6. The number of hydrogen-bond donors (Lipinski definition) is 2. The molecule has 4 nitrogen and oxygen atoms in total. The lowest BCUT2D eigenvalue weighted by Gasteiger charge is -2.09. The van der Waals surface area contributed by atoms with E-state index in [9.17, 15) is 9.59 Å². The molecule has 0 aliphatic rings. The number of carbonyl (C=O) groups excluding carboxylic acids is 1. The molecule has 1 aromatic heterocycles. The minimum Gasteiger partial charge on any atom is -0.322 e. The second kappa shape index (κ2) is 5.48. The maximum atomic E-state index is 12.3. The number of aromatic amines is 1. The van der Waals surface area contributed by atoms with Gasteiger partial charge < -0.3 is 10.3 Å². The topological polar surface area (TPSA) is 62.0 Å². The van der Waals surface area contributed by atoms with Crippen molar-refractivity contribution in [2.75, 3.05) is 5.32 Å². The Balaban J connectivity index is 1.96. The lowest BCUT2D eigenvalue weighted by molar-refractivity contribution is 0.102. The molecule has 0 aliphatic carbocycles. The monoisotopic (exact) mass is 292 g/mol. The van der Waals surface area contributed by atoms with Crippen LogP contribution in [-0.4, -0.2) is 10.9 Å². The lowest BCUT2D eigenvalue weighted by atomic mass is 10.1. The molecule has 0 atom stereocenters. The van der Waals surface area contributed by atoms with E-state index in [1.807, 2.05) is 38.1 Å². The summed E-state index contributed by atoms with van der Waals surface area (Å²) >= 11 is 0. The van der Waals surface area contributed by atoms with Gasteiger partial charge in [0.05, 0.1) is 0 Å². The van der Waals surface area contributed by atoms with Gasteiger partial charge in [-0.15, -0.1) is 0 Å². The lowest BCUT2D eigenvalue weighted by Crippen LogP contribution is -2.13. The first-order valence-electron chi connectivity index (χ1n) is 7.05. The van der Waals surface area contributed by atoms with E-state index in [1.54, 1.807) is 24.3 Å². The maximum Gasteiger partial charge on any atom is 0.255 e.